The predicted octanol–water partition coefficient (Wildman–Crippen LogP) is 7.77. The van der Waals surface area contributed by atoms with Crippen molar-refractivity contribution in [2.24, 2.45) is 0 Å². The van der Waals surface area contributed by atoms with Gasteiger partial charge in [-0.1, -0.05) is 25.3 Å². The van der Waals surface area contributed by atoms with Crippen molar-refractivity contribution in [2.75, 3.05) is 34.3 Å². The summed E-state index contributed by atoms with van der Waals surface area (Å²) in [4.78, 5) is 30.9. The number of piperazine rings is 1. The van der Waals surface area contributed by atoms with E-state index >= 15 is 0 Å². The first-order valence-electron chi connectivity index (χ1n) is 20.3. The number of amides is 1. The van der Waals surface area contributed by atoms with E-state index < -0.39 is 11.0 Å². The molecule has 11 heteroatoms. The first kappa shape index (κ1) is 37.8. The van der Waals surface area contributed by atoms with Crippen molar-refractivity contribution in [2.45, 2.75) is 114 Å². The minimum atomic E-state index is -1.48. The fourth-order valence-electron chi connectivity index (χ4n) is 9.58. The molecule has 2 saturated carbocycles. The summed E-state index contributed by atoms with van der Waals surface area (Å²) >= 11 is 0. The van der Waals surface area contributed by atoms with Crippen molar-refractivity contribution in [3.63, 3.8) is 0 Å². The number of likely N-dealkylation sites (tertiary alicyclic amines) is 2. The van der Waals surface area contributed by atoms with Gasteiger partial charge >= 0.3 is 0 Å². The lowest BCUT2D eigenvalue weighted by Crippen LogP contribution is -2.42. The van der Waals surface area contributed by atoms with Gasteiger partial charge in [-0.3, -0.25) is 19.0 Å². The second-order valence-corrected chi connectivity index (χ2v) is 18.5. The molecule has 4 aromatic rings. The van der Waals surface area contributed by atoms with Crippen LogP contribution < -0.4 is 9.46 Å². The second kappa shape index (κ2) is 15.5. The molecular formula is C44H56N6O4S. The highest BCUT2D eigenvalue weighted by Crippen LogP contribution is 2.48. The Hall–Kier alpha value is -4.06. The minimum absolute atomic E-state index is 0.188. The summed E-state index contributed by atoms with van der Waals surface area (Å²) in [6.45, 7) is 8.67. The number of carbonyl (C=O) groups is 2. The van der Waals surface area contributed by atoms with Crippen LogP contribution in [0.5, 0.6) is 5.75 Å². The van der Waals surface area contributed by atoms with E-state index in [-0.39, 0.29) is 17.2 Å². The number of carbonyl (C=O) groups excluding carboxylic acids is 2. The van der Waals surface area contributed by atoms with Crippen LogP contribution in [0.3, 0.4) is 0 Å². The molecule has 0 radical (unpaired) electrons. The summed E-state index contributed by atoms with van der Waals surface area (Å²) in [5.41, 5.74) is 9.33. The van der Waals surface area contributed by atoms with Gasteiger partial charge in [-0.05, 0) is 132 Å². The van der Waals surface area contributed by atoms with E-state index in [0.29, 0.717) is 23.6 Å². The lowest BCUT2D eigenvalue weighted by molar-refractivity contribution is 0.0982. The number of aryl methyl sites for hydroxylation is 1. The number of allylic oxidation sites excluding steroid dienone is 1. The van der Waals surface area contributed by atoms with Crippen LogP contribution in [-0.2, 0) is 17.5 Å². The largest absolute Gasteiger partial charge is 0.497 e. The molecule has 5 aliphatic rings. The molecular weight excluding hydrogens is 709 g/mol. The summed E-state index contributed by atoms with van der Waals surface area (Å²) in [6, 6.07) is 14.2. The van der Waals surface area contributed by atoms with E-state index in [1.807, 2.05) is 39.0 Å². The van der Waals surface area contributed by atoms with Crippen LogP contribution in [0.4, 0.5) is 0 Å². The van der Waals surface area contributed by atoms with Crippen molar-refractivity contribution in [3.8, 4) is 17.0 Å². The Labute approximate surface area is 327 Å². The quantitative estimate of drug-likeness (QED) is 0.183. The number of aldehydes is 1. The van der Waals surface area contributed by atoms with Crippen molar-refractivity contribution in [3.05, 3.63) is 70.0 Å². The third-order valence-electron chi connectivity index (χ3n) is 12.9. The van der Waals surface area contributed by atoms with Crippen LogP contribution in [-0.4, -0.2) is 92.2 Å². The monoisotopic (exact) mass is 764 g/mol. The summed E-state index contributed by atoms with van der Waals surface area (Å²) in [5.74, 6) is 0.820. The highest BCUT2D eigenvalue weighted by Gasteiger charge is 2.39. The first-order chi connectivity index (χ1) is 26.6. The van der Waals surface area contributed by atoms with Gasteiger partial charge in [-0.2, -0.15) is 5.10 Å². The maximum absolute atomic E-state index is 13.4. The molecule has 2 aromatic heterocycles. The average Bonchev–Trinajstić information content (AvgIpc) is 3.87. The molecule has 2 bridgehead atoms. The lowest BCUT2D eigenvalue weighted by atomic mass is 9.81. The van der Waals surface area contributed by atoms with Gasteiger partial charge in [0.25, 0.3) is 5.91 Å². The number of likely N-dealkylation sites (N-methyl/N-ethyl adjacent to an activating group) is 2. The second-order valence-electron chi connectivity index (χ2n) is 16.7. The Kier molecular flexibility index (Phi) is 10.6. The fourth-order valence-corrected chi connectivity index (χ4v) is 10.1. The number of ether oxygens (including phenoxy) is 1. The molecule has 2 aliphatic carbocycles. The van der Waals surface area contributed by atoms with Crippen molar-refractivity contribution < 1.29 is 18.5 Å². The number of aromatic nitrogens is 3. The van der Waals surface area contributed by atoms with Crippen molar-refractivity contribution in [1.29, 1.82) is 0 Å². The smallest absolute Gasteiger partial charge is 0.263 e. The Morgan fingerprint density at radius 1 is 0.945 bits per heavy atom. The van der Waals surface area contributed by atoms with Gasteiger partial charge in [-0.15, -0.1) is 0 Å². The van der Waals surface area contributed by atoms with Crippen LogP contribution >= 0.6 is 0 Å². The zero-order valence-electron chi connectivity index (χ0n) is 33.3. The van der Waals surface area contributed by atoms with Gasteiger partial charge in [0.05, 0.1) is 42.3 Å². The minimum Gasteiger partial charge on any atom is -0.497 e. The van der Waals surface area contributed by atoms with Gasteiger partial charge in [0.1, 0.15) is 16.7 Å². The summed E-state index contributed by atoms with van der Waals surface area (Å²) in [5, 5.41) is 5.86. The number of nitrogens with zero attached hydrogens (tertiary/aromatic N) is 5. The summed E-state index contributed by atoms with van der Waals surface area (Å²) in [7, 11) is 4.68. The van der Waals surface area contributed by atoms with Crippen LogP contribution in [0, 0.1) is 6.92 Å². The lowest BCUT2D eigenvalue weighted by Gasteiger charge is -2.28. The zero-order chi connectivity index (χ0) is 38.5. The van der Waals surface area contributed by atoms with E-state index in [1.165, 1.54) is 44.3 Å². The van der Waals surface area contributed by atoms with E-state index in [4.69, 9.17) is 9.84 Å². The van der Waals surface area contributed by atoms with E-state index in [2.05, 4.69) is 62.1 Å². The number of hydrogen-bond donors (Lipinski definition) is 1. The zero-order valence-corrected chi connectivity index (χ0v) is 34.1. The molecule has 3 atom stereocenters. The molecule has 55 heavy (non-hydrogen) atoms. The third-order valence-corrected chi connectivity index (χ3v) is 14.2. The van der Waals surface area contributed by atoms with Gasteiger partial charge in [0, 0.05) is 52.5 Å². The van der Waals surface area contributed by atoms with Crippen LogP contribution in [0.15, 0.2) is 36.4 Å². The Morgan fingerprint density at radius 3 is 2.27 bits per heavy atom. The maximum atomic E-state index is 13.4. The van der Waals surface area contributed by atoms with Crippen LogP contribution in [0.1, 0.15) is 127 Å². The Bertz CT molecular complexity index is 2160. The number of fused-ring (bicyclic) bond motifs is 7. The molecule has 2 aromatic carbocycles. The molecule has 10 nitrogen and oxygen atoms in total. The Balaban J connectivity index is 0.000000413. The van der Waals surface area contributed by atoms with E-state index in [9.17, 15) is 13.8 Å². The van der Waals surface area contributed by atoms with Gasteiger partial charge in [0.15, 0.2) is 6.29 Å². The highest BCUT2D eigenvalue weighted by molar-refractivity contribution is 7.84. The highest BCUT2D eigenvalue weighted by atomic mass is 32.2. The molecule has 1 amide bonds. The molecule has 292 valence electrons. The number of hydrogen-bond acceptors (Lipinski definition) is 7. The normalized spacial score (nSPS) is 22.0. The predicted molar refractivity (Wildman–Crippen MR) is 221 cm³/mol. The fraction of sp³-hybridized carbons (Fsp3) is 0.523. The number of rotatable bonds is 8. The van der Waals surface area contributed by atoms with Crippen molar-refractivity contribution >= 4 is 45.7 Å². The van der Waals surface area contributed by atoms with Gasteiger partial charge in [-0.25, -0.2) is 4.21 Å². The molecule has 3 aliphatic heterocycles. The van der Waals surface area contributed by atoms with Crippen LogP contribution in [0.2, 0.25) is 0 Å². The molecule has 9 rings (SSSR count). The van der Waals surface area contributed by atoms with Gasteiger partial charge in [0.2, 0.25) is 0 Å². The Morgan fingerprint density at radius 2 is 1.67 bits per heavy atom. The average molecular weight is 765 g/mol. The molecule has 4 fully saturated rings. The number of benzene rings is 2. The number of nitrogens with one attached hydrogen (secondary N) is 1. The van der Waals surface area contributed by atoms with Gasteiger partial charge < -0.3 is 19.1 Å². The molecule has 5 heterocycles. The first-order valence-corrected chi connectivity index (χ1v) is 21.5. The maximum Gasteiger partial charge on any atom is 0.263 e. The van der Waals surface area contributed by atoms with E-state index in [1.54, 1.807) is 7.11 Å². The molecule has 1 N–H and O–H groups in total. The molecule has 2 saturated heterocycles. The third kappa shape index (κ3) is 7.01. The molecule has 0 spiro atoms. The number of methoxy groups -OCH3 is 1. The van der Waals surface area contributed by atoms with Crippen molar-refractivity contribution in [1.82, 2.24) is 28.9 Å². The van der Waals surface area contributed by atoms with Crippen LogP contribution in [0.25, 0.3) is 33.8 Å². The topological polar surface area (TPSA) is 102 Å². The summed E-state index contributed by atoms with van der Waals surface area (Å²) in [6.07, 6.45) is 13.7. The molecule has 3 unspecified atom stereocenters. The summed E-state index contributed by atoms with van der Waals surface area (Å²) < 4.78 is 25.4. The van der Waals surface area contributed by atoms with E-state index in [0.717, 1.165) is 101 Å². The standard InChI is InChI=1S/C37H42N4O4S.C7H14N2/c1-22(2)46(44)39-37(43)25-13-15-31-33(19-25)40-20-27(35-32(21-42)23(3)38-41(35)28-11-8-12-28)17-26-18-29(45-4)14-16-30(26)36(40)34(31)24-9-6-5-7-10-24;1-8-4-7-3-6(8)5-9(7)2/h13-19,21-22,24,28H,5-12,20H2,1-4H3,(H,39,43);6-7H,3-5H2,1-2H3. The SMILES string of the molecule is CN1CC2CC1CN2C.COc1ccc2c(c1)C=C(c1c(C=O)c(C)nn1C1CCC1)Cn1c-2c(C2CCCCC2)c2ccc(C(=O)NS(=O)C(C)C)cc21.